The van der Waals surface area contributed by atoms with Crippen molar-refractivity contribution in [1.82, 2.24) is 10.1 Å². The van der Waals surface area contributed by atoms with Crippen molar-refractivity contribution in [2.24, 2.45) is 0 Å². The predicted molar refractivity (Wildman–Crippen MR) is 112 cm³/mol. The summed E-state index contributed by atoms with van der Waals surface area (Å²) >= 11 is 0. The zero-order valence-electron chi connectivity index (χ0n) is 17.7. The monoisotopic (exact) mass is 410 g/mol. The van der Waals surface area contributed by atoms with Crippen LogP contribution in [0.5, 0.6) is 17.2 Å². The van der Waals surface area contributed by atoms with Crippen LogP contribution < -0.4 is 14.2 Å². The Labute approximate surface area is 176 Å². The van der Waals surface area contributed by atoms with E-state index >= 15 is 0 Å². The van der Waals surface area contributed by atoms with Crippen LogP contribution in [-0.4, -0.2) is 43.3 Å². The number of hydrogen-bond acceptors (Lipinski definition) is 6. The first-order chi connectivity index (χ1) is 14.5. The van der Waals surface area contributed by atoms with Gasteiger partial charge in [-0.1, -0.05) is 17.3 Å². The van der Waals surface area contributed by atoms with Crippen molar-refractivity contribution in [2.75, 3.05) is 27.3 Å². The van der Waals surface area contributed by atoms with E-state index in [2.05, 4.69) is 5.16 Å². The fraction of sp³-hybridized carbons (Fsp3) is 0.304. The normalized spacial score (nSPS) is 10.5. The molecule has 1 amide bonds. The van der Waals surface area contributed by atoms with Crippen LogP contribution in [0.25, 0.3) is 0 Å². The Kier molecular flexibility index (Phi) is 6.95. The number of carbonyl (C=O) groups excluding carboxylic acids is 1. The Morgan fingerprint density at radius 2 is 1.73 bits per heavy atom. The number of carbonyl (C=O) groups is 1. The molecular formula is C23H26N2O5. The molecule has 158 valence electrons. The first-order valence-electron chi connectivity index (χ1n) is 9.65. The number of rotatable bonds is 9. The largest absolute Gasteiger partial charge is 0.497 e. The van der Waals surface area contributed by atoms with Gasteiger partial charge >= 0.3 is 0 Å². The van der Waals surface area contributed by atoms with Gasteiger partial charge in [0.2, 0.25) is 0 Å². The topological polar surface area (TPSA) is 74.0 Å². The van der Waals surface area contributed by atoms with Crippen molar-refractivity contribution in [3.8, 4) is 17.2 Å². The minimum Gasteiger partial charge on any atom is -0.497 e. The first-order valence-corrected chi connectivity index (χ1v) is 9.65. The van der Waals surface area contributed by atoms with Gasteiger partial charge in [0, 0.05) is 7.05 Å². The summed E-state index contributed by atoms with van der Waals surface area (Å²) in [7, 11) is 3.36. The summed E-state index contributed by atoms with van der Waals surface area (Å²) in [6, 6.07) is 14.5. The Morgan fingerprint density at radius 1 is 1.03 bits per heavy atom. The van der Waals surface area contributed by atoms with Gasteiger partial charge in [-0.05, 0) is 50.2 Å². The number of ether oxygens (including phenoxy) is 3. The summed E-state index contributed by atoms with van der Waals surface area (Å²) < 4.78 is 21.9. The molecule has 1 aromatic heterocycles. The van der Waals surface area contributed by atoms with Crippen LogP contribution in [-0.2, 0) is 6.61 Å². The number of amides is 1. The van der Waals surface area contributed by atoms with Crippen molar-refractivity contribution in [3.63, 3.8) is 0 Å². The molecule has 0 fully saturated rings. The third-order valence-corrected chi connectivity index (χ3v) is 4.77. The Morgan fingerprint density at radius 3 is 2.40 bits per heavy atom. The maximum absolute atomic E-state index is 12.9. The van der Waals surface area contributed by atoms with E-state index in [1.807, 2.05) is 50.2 Å². The van der Waals surface area contributed by atoms with E-state index < -0.39 is 0 Å². The van der Waals surface area contributed by atoms with E-state index in [4.69, 9.17) is 18.7 Å². The second-order valence-corrected chi connectivity index (χ2v) is 6.84. The molecule has 0 saturated carbocycles. The lowest BCUT2D eigenvalue weighted by Crippen LogP contribution is -2.31. The van der Waals surface area contributed by atoms with Gasteiger partial charge in [-0.25, -0.2) is 0 Å². The molecule has 0 N–H and O–H groups in total. The average molecular weight is 410 g/mol. The Balaban J connectivity index is 1.58. The third kappa shape index (κ3) is 5.11. The minimum absolute atomic E-state index is 0.136. The molecule has 0 bridgehead atoms. The van der Waals surface area contributed by atoms with Crippen LogP contribution in [0, 0.1) is 13.8 Å². The highest BCUT2D eigenvalue weighted by Gasteiger charge is 2.18. The maximum Gasteiger partial charge on any atom is 0.257 e. The number of nitrogens with zero attached hydrogens (tertiary/aromatic N) is 2. The quantitative estimate of drug-likeness (QED) is 0.530. The molecule has 2 aromatic carbocycles. The highest BCUT2D eigenvalue weighted by atomic mass is 16.5. The molecule has 0 unspecified atom stereocenters. The van der Waals surface area contributed by atoms with Crippen LogP contribution in [0.3, 0.4) is 0 Å². The van der Waals surface area contributed by atoms with E-state index in [1.54, 1.807) is 31.2 Å². The highest BCUT2D eigenvalue weighted by molar-refractivity contribution is 5.96. The van der Waals surface area contributed by atoms with E-state index in [0.717, 1.165) is 22.8 Å². The van der Waals surface area contributed by atoms with Crippen molar-refractivity contribution in [3.05, 3.63) is 71.1 Å². The SMILES string of the molecule is COc1ccc(OCCN(C)C(=O)c2ccccc2OCc2c(C)noc2C)cc1. The molecule has 0 aliphatic carbocycles. The summed E-state index contributed by atoms with van der Waals surface area (Å²) in [4.78, 5) is 14.5. The van der Waals surface area contributed by atoms with E-state index in [0.29, 0.717) is 30.2 Å². The lowest BCUT2D eigenvalue weighted by Gasteiger charge is -2.19. The average Bonchev–Trinajstić information content (AvgIpc) is 3.09. The molecule has 1 heterocycles. The number of methoxy groups -OCH3 is 1. The molecule has 0 aliphatic rings. The lowest BCUT2D eigenvalue weighted by atomic mass is 10.1. The number of aromatic nitrogens is 1. The summed E-state index contributed by atoms with van der Waals surface area (Å²) in [5.74, 6) is 2.58. The molecule has 0 saturated heterocycles. The van der Waals surface area contributed by atoms with Gasteiger partial charge in [0.15, 0.2) is 0 Å². The van der Waals surface area contributed by atoms with Crippen LogP contribution in [0.15, 0.2) is 53.1 Å². The van der Waals surface area contributed by atoms with Crippen molar-refractivity contribution < 1.29 is 23.5 Å². The van der Waals surface area contributed by atoms with Crippen LogP contribution in [0.2, 0.25) is 0 Å². The summed E-state index contributed by atoms with van der Waals surface area (Å²) in [5, 5.41) is 3.93. The first kappa shape index (κ1) is 21.2. The van der Waals surface area contributed by atoms with Gasteiger partial charge in [0.1, 0.15) is 36.2 Å². The van der Waals surface area contributed by atoms with Crippen molar-refractivity contribution in [2.45, 2.75) is 20.5 Å². The Bertz CT molecular complexity index is 962. The van der Waals surface area contributed by atoms with Crippen molar-refractivity contribution in [1.29, 1.82) is 0 Å². The summed E-state index contributed by atoms with van der Waals surface area (Å²) in [6.07, 6.45) is 0. The fourth-order valence-corrected chi connectivity index (χ4v) is 2.91. The van der Waals surface area contributed by atoms with E-state index in [9.17, 15) is 4.79 Å². The highest BCUT2D eigenvalue weighted by Crippen LogP contribution is 2.23. The second-order valence-electron chi connectivity index (χ2n) is 6.84. The van der Waals surface area contributed by atoms with Crippen molar-refractivity contribution >= 4 is 5.91 Å². The molecule has 7 nitrogen and oxygen atoms in total. The number of hydrogen-bond donors (Lipinski definition) is 0. The molecule has 3 rings (SSSR count). The van der Waals surface area contributed by atoms with Gasteiger partial charge in [-0.3, -0.25) is 4.79 Å². The van der Waals surface area contributed by atoms with E-state index in [-0.39, 0.29) is 12.5 Å². The van der Waals surface area contributed by atoms with Gasteiger partial charge < -0.3 is 23.6 Å². The van der Waals surface area contributed by atoms with Gasteiger partial charge in [-0.2, -0.15) is 0 Å². The van der Waals surface area contributed by atoms with Crippen LogP contribution in [0.4, 0.5) is 0 Å². The lowest BCUT2D eigenvalue weighted by molar-refractivity contribution is 0.0769. The number of benzene rings is 2. The number of para-hydroxylation sites is 1. The number of likely N-dealkylation sites (N-methyl/N-ethyl adjacent to an activating group) is 1. The molecule has 30 heavy (non-hydrogen) atoms. The third-order valence-electron chi connectivity index (χ3n) is 4.77. The molecule has 0 atom stereocenters. The van der Waals surface area contributed by atoms with Crippen LogP contribution >= 0.6 is 0 Å². The minimum atomic E-state index is -0.136. The van der Waals surface area contributed by atoms with Gasteiger partial charge in [0.05, 0.1) is 30.5 Å². The summed E-state index contributed by atoms with van der Waals surface area (Å²) in [6.45, 7) is 4.80. The molecule has 0 aliphatic heterocycles. The zero-order chi connectivity index (χ0) is 21.5. The molecule has 7 heteroatoms. The summed E-state index contributed by atoms with van der Waals surface area (Å²) in [5.41, 5.74) is 2.17. The fourth-order valence-electron chi connectivity index (χ4n) is 2.91. The molecule has 0 spiro atoms. The van der Waals surface area contributed by atoms with Gasteiger partial charge in [-0.15, -0.1) is 0 Å². The predicted octanol–water partition coefficient (Wildman–Crippen LogP) is 4.03. The van der Waals surface area contributed by atoms with E-state index in [1.165, 1.54) is 0 Å². The van der Waals surface area contributed by atoms with Gasteiger partial charge in [0.25, 0.3) is 5.91 Å². The maximum atomic E-state index is 12.9. The zero-order valence-corrected chi connectivity index (χ0v) is 17.7. The number of aryl methyl sites for hydroxylation is 2. The second kappa shape index (κ2) is 9.82. The molecule has 3 aromatic rings. The molecule has 0 radical (unpaired) electrons. The smallest absolute Gasteiger partial charge is 0.257 e. The molecular weight excluding hydrogens is 384 g/mol. The Hall–Kier alpha value is -3.48. The van der Waals surface area contributed by atoms with Crippen LogP contribution in [0.1, 0.15) is 27.4 Å². The standard InChI is InChI=1S/C23H26N2O5/c1-16-21(17(2)30-24-16)15-29-22-8-6-5-7-20(22)23(26)25(3)13-14-28-19-11-9-18(27-4)10-12-19/h5-12H,13-15H2,1-4H3.